The summed E-state index contributed by atoms with van der Waals surface area (Å²) in [6.07, 6.45) is 0. The SMILES string of the molecule is O=C(CF)c1ccsc1. The van der Waals surface area contributed by atoms with Gasteiger partial charge in [0.1, 0.15) is 0 Å². The van der Waals surface area contributed by atoms with Gasteiger partial charge in [-0.3, -0.25) is 4.79 Å². The molecule has 48 valence electrons. The summed E-state index contributed by atoms with van der Waals surface area (Å²) in [5.41, 5.74) is 0.475. The molecule has 0 fully saturated rings. The lowest BCUT2D eigenvalue weighted by atomic mass is 10.2. The van der Waals surface area contributed by atoms with Crippen molar-refractivity contribution in [1.82, 2.24) is 0 Å². The molecule has 1 rings (SSSR count). The van der Waals surface area contributed by atoms with Crippen LogP contribution in [-0.4, -0.2) is 12.5 Å². The lowest BCUT2D eigenvalue weighted by Crippen LogP contribution is -1.97. The summed E-state index contributed by atoms with van der Waals surface area (Å²) < 4.78 is 11.6. The van der Waals surface area contributed by atoms with Crippen molar-refractivity contribution in [3.05, 3.63) is 22.4 Å². The average molecular weight is 144 g/mol. The molecule has 1 aromatic heterocycles. The summed E-state index contributed by atoms with van der Waals surface area (Å²) in [6.45, 7) is -0.892. The molecule has 0 saturated carbocycles. The molecule has 0 bridgehead atoms. The zero-order valence-electron chi connectivity index (χ0n) is 4.63. The second kappa shape index (κ2) is 2.73. The standard InChI is InChI=1S/C6H5FOS/c7-3-6(8)5-1-2-9-4-5/h1-2,4H,3H2. The van der Waals surface area contributed by atoms with Crippen molar-refractivity contribution in [3.63, 3.8) is 0 Å². The Hall–Kier alpha value is -0.700. The van der Waals surface area contributed by atoms with Crippen molar-refractivity contribution in [2.45, 2.75) is 0 Å². The van der Waals surface area contributed by atoms with Gasteiger partial charge in [0.15, 0.2) is 12.5 Å². The first kappa shape index (κ1) is 6.42. The molecule has 1 heterocycles. The molecular formula is C6H5FOS. The number of thiophene rings is 1. The number of ketones is 1. The number of Topliss-reactive ketones (excluding diaryl/α,β-unsaturated/α-hetero) is 1. The molecule has 0 saturated heterocycles. The van der Waals surface area contributed by atoms with E-state index in [0.29, 0.717) is 5.56 Å². The third-order valence-electron chi connectivity index (χ3n) is 0.965. The molecule has 0 unspecified atom stereocenters. The van der Waals surface area contributed by atoms with E-state index in [1.807, 2.05) is 0 Å². The van der Waals surface area contributed by atoms with E-state index in [4.69, 9.17) is 0 Å². The van der Waals surface area contributed by atoms with Crippen molar-refractivity contribution in [2.75, 3.05) is 6.67 Å². The van der Waals surface area contributed by atoms with Gasteiger partial charge < -0.3 is 0 Å². The molecule has 0 aliphatic carbocycles. The molecule has 0 N–H and O–H groups in total. The first-order valence-corrected chi connectivity index (χ1v) is 3.40. The first-order valence-electron chi connectivity index (χ1n) is 2.46. The van der Waals surface area contributed by atoms with Crippen LogP contribution in [-0.2, 0) is 0 Å². The van der Waals surface area contributed by atoms with Gasteiger partial charge in [-0.15, -0.1) is 0 Å². The Morgan fingerprint density at radius 3 is 3.00 bits per heavy atom. The molecule has 0 spiro atoms. The van der Waals surface area contributed by atoms with Gasteiger partial charge in [0.25, 0.3) is 0 Å². The van der Waals surface area contributed by atoms with E-state index >= 15 is 0 Å². The van der Waals surface area contributed by atoms with Crippen LogP contribution in [0.5, 0.6) is 0 Å². The lowest BCUT2D eigenvalue weighted by molar-refractivity contribution is 0.0959. The van der Waals surface area contributed by atoms with Crippen LogP contribution in [0.15, 0.2) is 16.8 Å². The van der Waals surface area contributed by atoms with Crippen molar-refractivity contribution >= 4 is 17.1 Å². The van der Waals surface area contributed by atoms with Crippen LogP contribution in [0.1, 0.15) is 10.4 Å². The Morgan fingerprint density at radius 1 is 1.78 bits per heavy atom. The van der Waals surface area contributed by atoms with Crippen molar-refractivity contribution in [3.8, 4) is 0 Å². The van der Waals surface area contributed by atoms with E-state index in [2.05, 4.69) is 0 Å². The molecular weight excluding hydrogens is 139 g/mol. The van der Waals surface area contributed by atoms with Crippen LogP contribution < -0.4 is 0 Å². The highest BCUT2D eigenvalue weighted by atomic mass is 32.1. The minimum absolute atomic E-state index is 0.434. The predicted molar refractivity (Wildman–Crippen MR) is 34.6 cm³/mol. The molecule has 9 heavy (non-hydrogen) atoms. The summed E-state index contributed by atoms with van der Waals surface area (Å²) in [4.78, 5) is 10.5. The van der Waals surface area contributed by atoms with Gasteiger partial charge in [-0.2, -0.15) is 11.3 Å². The Morgan fingerprint density at radius 2 is 2.56 bits per heavy atom. The monoisotopic (exact) mass is 144 g/mol. The topological polar surface area (TPSA) is 17.1 Å². The van der Waals surface area contributed by atoms with Crippen LogP contribution in [0, 0.1) is 0 Å². The van der Waals surface area contributed by atoms with E-state index in [9.17, 15) is 9.18 Å². The summed E-state index contributed by atoms with van der Waals surface area (Å²) in [5.74, 6) is -0.434. The minimum Gasteiger partial charge on any atom is -0.291 e. The fraction of sp³-hybridized carbons (Fsp3) is 0.167. The number of carbonyl (C=O) groups excluding carboxylic acids is 1. The van der Waals surface area contributed by atoms with Crippen LogP contribution in [0.2, 0.25) is 0 Å². The maximum absolute atomic E-state index is 11.6. The second-order valence-corrected chi connectivity index (χ2v) is 2.35. The van der Waals surface area contributed by atoms with Crippen LogP contribution in [0.3, 0.4) is 0 Å². The smallest absolute Gasteiger partial charge is 0.194 e. The maximum Gasteiger partial charge on any atom is 0.194 e. The van der Waals surface area contributed by atoms with E-state index in [1.165, 1.54) is 11.3 Å². The fourth-order valence-electron chi connectivity index (χ4n) is 0.500. The Labute approximate surface area is 56.1 Å². The number of carbonyl (C=O) groups is 1. The normalized spacial score (nSPS) is 9.44. The van der Waals surface area contributed by atoms with E-state index in [0.717, 1.165) is 0 Å². The Bertz CT molecular complexity index is 193. The quantitative estimate of drug-likeness (QED) is 0.579. The first-order chi connectivity index (χ1) is 4.34. The third-order valence-corrected chi connectivity index (χ3v) is 1.65. The van der Waals surface area contributed by atoms with Crippen molar-refractivity contribution in [1.29, 1.82) is 0 Å². The largest absolute Gasteiger partial charge is 0.291 e. The van der Waals surface area contributed by atoms with Gasteiger partial charge in [0, 0.05) is 10.9 Å². The van der Waals surface area contributed by atoms with Crippen molar-refractivity contribution in [2.24, 2.45) is 0 Å². The van der Waals surface area contributed by atoms with Gasteiger partial charge in [0.2, 0.25) is 0 Å². The number of alkyl halides is 1. The third kappa shape index (κ3) is 1.36. The molecule has 0 aliphatic rings. The summed E-state index contributed by atoms with van der Waals surface area (Å²) in [5, 5.41) is 3.39. The average Bonchev–Trinajstić information content (AvgIpc) is 2.37. The Kier molecular flexibility index (Phi) is 1.95. The van der Waals surface area contributed by atoms with Gasteiger partial charge in [-0.1, -0.05) is 0 Å². The zero-order chi connectivity index (χ0) is 6.69. The molecule has 0 radical (unpaired) electrons. The Balaban J connectivity index is 2.77. The number of halogens is 1. The minimum atomic E-state index is -0.892. The maximum atomic E-state index is 11.6. The van der Waals surface area contributed by atoms with Gasteiger partial charge in [0.05, 0.1) is 0 Å². The second-order valence-electron chi connectivity index (χ2n) is 1.57. The number of rotatable bonds is 2. The molecule has 0 amide bonds. The molecule has 0 aromatic carbocycles. The van der Waals surface area contributed by atoms with Gasteiger partial charge in [-0.25, -0.2) is 4.39 Å². The van der Waals surface area contributed by atoms with Crippen LogP contribution in [0.25, 0.3) is 0 Å². The highest BCUT2D eigenvalue weighted by Crippen LogP contribution is 2.06. The van der Waals surface area contributed by atoms with Crippen molar-refractivity contribution < 1.29 is 9.18 Å². The molecule has 1 nitrogen and oxygen atoms in total. The highest BCUT2D eigenvalue weighted by Gasteiger charge is 2.02. The summed E-state index contributed by atoms with van der Waals surface area (Å²) in [7, 11) is 0. The van der Waals surface area contributed by atoms with E-state index in [1.54, 1.807) is 16.8 Å². The molecule has 3 heteroatoms. The molecule has 1 aromatic rings. The lowest BCUT2D eigenvalue weighted by Gasteiger charge is -1.84. The highest BCUT2D eigenvalue weighted by molar-refractivity contribution is 7.08. The summed E-state index contributed by atoms with van der Waals surface area (Å²) >= 11 is 1.40. The zero-order valence-corrected chi connectivity index (χ0v) is 5.45. The van der Waals surface area contributed by atoms with Gasteiger partial charge in [-0.05, 0) is 11.4 Å². The molecule has 0 aliphatic heterocycles. The predicted octanol–water partition coefficient (Wildman–Crippen LogP) is 1.90. The number of hydrogen-bond acceptors (Lipinski definition) is 2. The fourth-order valence-corrected chi connectivity index (χ4v) is 1.16. The van der Waals surface area contributed by atoms with E-state index < -0.39 is 12.5 Å². The van der Waals surface area contributed by atoms with E-state index in [-0.39, 0.29) is 0 Å². The van der Waals surface area contributed by atoms with Crippen LogP contribution in [0.4, 0.5) is 4.39 Å². The molecule has 0 atom stereocenters. The summed E-state index contributed by atoms with van der Waals surface area (Å²) in [6, 6.07) is 1.62. The van der Waals surface area contributed by atoms with Gasteiger partial charge >= 0.3 is 0 Å². The number of hydrogen-bond donors (Lipinski definition) is 0. The van der Waals surface area contributed by atoms with Crippen LogP contribution >= 0.6 is 11.3 Å².